The molecule has 1 amide bonds. The highest BCUT2D eigenvalue weighted by atomic mass is 32.2. The molecule has 2 aromatic carbocycles. The Morgan fingerprint density at radius 1 is 0.897 bits per heavy atom. The standard InChI is InChI=1S/C30H36N2O6S/c1-18(33)24-7-9-26(10-8-24)31-28(34)19(2)38-29(35)25-5-4-6-27(14-25)39(36,37)32-20(3)30-15-21-11-22(16-30)13-23(12-21)17-30/h4-10,14,19-23,32H,11-13,15-17H2,1-3H3,(H,31,34)/t19-,20-,21?,22?,23?,30?/m1/s1. The van der Waals surface area contributed by atoms with Crippen molar-refractivity contribution in [2.24, 2.45) is 23.2 Å². The number of ether oxygens (including phenoxy) is 1. The molecule has 2 aromatic rings. The summed E-state index contributed by atoms with van der Waals surface area (Å²) in [5.41, 5.74) is 1.03. The quantitative estimate of drug-likeness (QED) is 0.335. The van der Waals surface area contributed by atoms with Gasteiger partial charge in [0.05, 0.1) is 10.5 Å². The van der Waals surface area contributed by atoms with Crippen LogP contribution in [-0.2, 0) is 19.6 Å². The van der Waals surface area contributed by atoms with Crippen LogP contribution in [0.2, 0.25) is 0 Å². The van der Waals surface area contributed by atoms with E-state index in [-0.39, 0.29) is 27.7 Å². The lowest BCUT2D eigenvalue weighted by Crippen LogP contribution is -2.55. The van der Waals surface area contributed by atoms with Crippen LogP contribution < -0.4 is 10.0 Å². The zero-order valence-electron chi connectivity index (χ0n) is 22.6. The number of hydrogen-bond donors (Lipinski definition) is 2. The van der Waals surface area contributed by atoms with Gasteiger partial charge in [-0.3, -0.25) is 9.59 Å². The van der Waals surface area contributed by atoms with E-state index >= 15 is 0 Å². The van der Waals surface area contributed by atoms with Gasteiger partial charge in [-0.05, 0) is 125 Å². The molecule has 0 saturated heterocycles. The topological polar surface area (TPSA) is 119 Å². The van der Waals surface area contributed by atoms with E-state index in [0.29, 0.717) is 29.0 Å². The van der Waals surface area contributed by atoms with Gasteiger partial charge in [0.2, 0.25) is 10.0 Å². The van der Waals surface area contributed by atoms with Crippen LogP contribution in [0.1, 0.15) is 80.0 Å². The summed E-state index contributed by atoms with van der Waals surface area (Å²) in [6.07, 6.45) is 5.96. The maximum Gasteiger partial charge on any atom is 0.338 e. The van der Waals surface area contributed by atoms with E-state index in [9.17, 15) is 22.8 Å². The molecule has 208 valence electrons. The number of anilines is 1. The number of esters is 1. The molecular formula is C30H36N2O6S. The number of amides is 1. The Kier molecular flexibility index (Phi) is 7.41. The lowest BCUT2D eigenvalue weighted by molar-refractivity contribution is -0.123. The molecule has 4 fully saturated rings. The lowest BCUT2D eigenvalue weighted by Gasteiger charge is -2.59. The molecule has 9 heteroatoms. The molecular weight excluding hydrogens is 516 g/mol. The van der Waals surface area contributed by atoms with E-state index in [2.05, 4.69) is 10.0 Å². The van der Waals surface area contributed by atoms with E-state index in [0.717, 1.165) is 19.3 Å². The fourth-order valence-corrected chi connectivity index (χ4v) is 8.63. The highest BCUT2D eigenvalue weighted by Crippen LogP contribution is 2.61. The van der Waals surface area contributed by atoms with Gasteiger partial charge in [0.15, 0.2) is 11.9 Å². The summed E-state index contributed by atoms with van der Waals surface area (Å²) in [6.45, 7) is 4.87. The molecule has 2 atom stereocenters. The minimum atomic E-state index is -3.87. The summed E-state index contributed by atoms with van der Waals surface area (Å²) in [4.78, 5) is 36.8. The number of ketones is 1. The van der Waals surface area contributed by atoms with Crippen LogP contribution in [0.25, 0.3) is 0 Å². The number of benzene rings is 2. The molecule has 0 spiro atoms. The third-order valence-corrected chi connectivity index (χ3v) is 10.5. The minimum absolute atomic E-state index is 0.00352. The average molecular weight is 553 g/mol. The maximum atomic E-state index is 13.4. The van der Waals surface area contributed by atoms with Crippen molar-refractivity contribution in [3.05, 3.63) is 59.7 Å². The molecule has 8 nitrogen and oxygen atoms in total. The predicted molar refractivity (Wildman–Crippen MR) is 147 cm³/mol. The largest absolute Gasteiger partial charge is 0.449 e. The average Bonchev–Trinajstić information content (AvgIpc) is 2.88. The summed E-state index contributed by atoms with van der Waals surface area (Å²) in [5.74, 6) is 0.697. The van der Waals surface area contributed by atoms with Gasteiger partial charge in [-0.1, -0.05) is 6.07 Å². The van der Waals surface area contributed by atoms with Crippen molar-refractivity contribution in [2.45, 2.75) is 76.3 Å². The van der Waals surface area contributed by atoms with Crippen molar-refractivity contribution in [3.63, 3.8) is 0 Å². The van der Waals surface area contributed by atoms with Crippen LogP contribution in [0.4, 0.5) is 5.69 Å². The first kappa shape index (κ1) is 27.5. The third kappa shape index (κ3) is 5.79. The van der Waals surface area contributed by atoms with Gasteiger partial charge < -0.3 is 10.1 Å². The maximum absolute atomic E-state index is 13.4. The summed E-state index contributed by atoms with van der Waals surface area (Å²) >= 11 is 0. The van der Waals surface area contributed by atoms with E-state index in [4.69, 9.17) is 4.74 Å². The molecule has 0 aromatic heterocycles. The van der Waals surface area contributed by atoms with Gasteiger partial charge in [-0.25, -0.2) is 17.9 Å². The molecule has 0 unspecified atom stereocenters. The van der Waals surface area contributed by atoms with Crippen molar-refractivity contribution in [1.82, 2.24) is 4.72 Å². The SMILES string of the molecule is CC(=O)c1ccc(NC(=O)[C@@H](C)OC(=O)c2cccc(S(=O)(=O)N[C@H](C)C34CC5CC(CC(C5)C3)C4)c2)cc1. The second kappa shape index (κ2) is 10.5. The minimum Gasteiger partial charge on any atom is -0.449 e. The van der Waals surface area contributed by atoms with Crippen molar-refractivity contribution < 1.29 is 27.5 Å². The molecule has 4 aliphatic rings. The molecule has 4 bridgehead atoms. The van der Waals surface area contributed by atoms with Gasteiger partial charge in [-0.2, -0.15) is 0 Å². The van der Waals surface area contributed by atoms with Crippen molar-refractivity contribution in [2.75, 3.05) is 5.32 Å². The summed E-state index contributed by atoms with van der Waals surface area (Å²) in [5, 5.41) is 2.64. The van der Waals surface area contributed by atoms with Gasteiger partial charge in [0.25, 0.3) is 5.91 Å². The number of hydrogen-bond acceptors (Lipinski definition) is 6. The van der Waals surface area contributed by atoms with E-state index in [1.165, 1.54) is 57.4 Å². The van der Waals surface area contributed by atoms with Crippen molar-refractivity contribution in [1.29, 1.82) is 0 Å². The van der Waals surface area contributed by atoms with Crippen molar-refractivity contribution >= 4 is 33.4 Å². The molecule has 39 heavy (non-hydrogen) atoms. The molecule has 4 saturated carbocycles. The Bertz CT molecular complexity index is 1350. The van der Waals surface area contributed by atoms with E-state index in [1.807, 2.05) is 6.92 Å². The third-order valence-electron chi connectivity index (χ3n) is 8.93. The normalized spacial score (nSPS) is 27.0. The number of carbonyl (C=O) groups is 3. The smallest absolute Gasteiger partial charge is 0.338 e. The summed E-state index contributed by atoms with van der Waals surface area (Å²) < 4.78 is 35.0. The van der Waals surface area contributed by atoms with Crippen molar-refractivity contribution in [3.8, 4) is 0 Å². The van der Waals surface area contributed by atoms with Gasteiger partial charge in [-0.15, -0.1) is 0 Å². The summed E-state index contributed by atoms with van der Waals surface area (Å²) in [7, 11) is -3.87. The number of rotatable bonds is 9. The first-order valence-corrected chi connectivity index (χ1v) is 15.2. The predicted octanol–water partition coefficient (Wildman–Crippen LogP) is 4.96. The Balaban J connectivity index is 1.22. The van der Waals surface area contributed by atoms with Crippen LogP contribution in [-0.4, -0.2) is 38.2 Å². The molecule has 6 rings (SSSR count). The molecule has 0 heterocycles. The van der Waals surface area contributed by atoms with Gasteiger partial charge in [0.1, 0.15) is 0 Å². The fourth-order valence-electron chi connectivity index (χ4n) is 7.24. The number of nitrogens with one attached hydrogen (secondary N) is 2. The van der Waals surface area contributed by atoms with Crippen LogP contribution >= 0.6 is 0 Å². The molecule has 2 N–H and O–H groups in total. The Morgan fingerprint density at radius 3 is 2.05 bits per heavy atom. The van der Waals surface area contributed by atoms with Crippen LogP contribution in [0, 0.1) is 23.2 Å². The van der Waals surface area contributed by atoms with Crippen LogP contribution in [0.3, 0.4) is 0 Å². The van der Waals surface area contributed by atoms with E-state index < -0.39 is 28.0 Å². The van der Waals surface area contributed by atoms with Crippen LogP contribution in [0.5, 0.6) is 0 Å². The zero-order chi connectivity index (χ0) is 27.9. The number of sulfonamides is 1. The molecule has 4 aliphatic carbocycles. The Labute approximate surface area is 229 Å². The first-order chi connectivity index (χ1) is 18.4. The van der Waals surface area contributed by atoms with Crippen LogP contribution in [0.15, 0.2) is 53.4 Å². The zero-order valence-corrected chi connectivity index (χ0v) is 23.4. The summed E-state index contributed by atoms with van der Waals surface area (Å²) in [6, 6.07) is 11.9. The molecule has 0 radical (unpaired) electrons. The second-order valence-electron chi connectivity index (χ2n) is 11.8. The van der Waals surface area contributed by atoms with Gasteiger partial charge >= 0.3 is 5.97 Å². The van der Waals surface area contributed by atoms with Gasteiger partial charge in [0, 0.05) is 17.3 Å². The number of Topliss-reactive ketones (excluding diaryl/α,β-unsaturated/α-hetero) is 1. The Morgan fingerprint density at radius 2 is 1.49 bits per heavy atom. The second-order valence-corrected chi connectivity index (χ2v) is 13.5. The monoisotopic (exact) mass is 552 g/mol. The van der Waals surface area contributed by atoms with E-state index in [1.54, 1.807) is 24.3 Å². The fraction of sp³-hybridized carbons (Fsp3) is 0.500. The molecule has 0 aliphatic heterocycles. The first-order valence-electron chi connectivity index (χ1n) is 13.7. The highest BCUT2D eigenvalue weighted by Gasteiger charge is 2.53. The number of carbonyl (C=O) groups excluding carboxylic acids is 3. The highest BCUT2D eigenvalue weighted by molar-refractivity contribution is 7.89. The lowest BCUT2D eigenvalue weighted by atomic mass is 9.48. The Hall–Kier alpha value is -3.04.